The summed E-state index contributed by atoms with van der Waals surface area (Å²) < 4.78 is 17.3. The first-order chi connectivity index (χ1) is 7.90. The molecule has 3 heteroatoms. The Morgan fingerprint density at radius 3 is 2.81 bits per heavy atom. The van der Waals surface area contributed by atoms with Gasteiger partial charge in [-0.05, 0) is 17.2 Å². The lowest BCUT2D eigenvalue weighted by atomic mass is 9.87. The quantitative estimate of drug-likeness (QED) is 0.671. The van der Waals surface area contributed by atoms with Gasteiger partial charge in [-0.15, -0.1) is 0 Å². The Morgan fingerprint density at radius 1 is 1.12 bits per heavy atom. The van der Waals surface area contributed by atoms with Gasteiger partial charge in [0.1, 0.15) is 6.10 Å². The van der Waals surface area contributed by atoms with Gasteiger partial charge in [-0.25, -0.2) is 0 Å². The van der Waals surface area contributed by atoms with Crippen molar-refractivity contribution in [2.45, 2.75) is 18.0 Å². The molecule has 0 saturated carbocycles. The molecule has 82 valence electrons. The topological polar surface area (TPSA) is 27.7 Å². The van der Waals surface area contributed by atoms with Crippen molar-refractivity contribution in [3.63, 3.8) is 0 Å². The average molecular weight is 216 g/mol. The second-order valence-corrected chi connectivity index (χ2v) is 4.35. The van der Waals surface area contributed by atoms with Gasteiger partial charge < -0.3 is 14.2 Å². The third kappa shape index (κ3) is 0.937. The number of fused-ring (bicyclic) bond motifs is 5. The van der Waals surface area contributed by atoms with Crippen molar-refractivity contribution >= 4 is 0 Å². The molecule has 1 aromatic carbocycles. The monoisotopic (exact) mass is 216 g/mol. The van der Waals surface area contributed by atoms with E-state index in [1.807, 2.05) is 12.1 Å². The molecule has 16 heavy (non-hydrogen) atoms. The Morgan fingerprint density at radius 2 is 1.94 bits per heavy atom. The van der Waals surface area contributed by atoms with Crippen molar-refractivity contribution in [3.05, 3.63) is 47.5 Å². The maximum absolute atomic E-state index is 6.05. The lowest BCUT2D eigenvalue weighted by molar-refractivity contribution is -0.181. The Labute approximate surface area is 93.6 Å². The molecule has 2 bridgehead atoms. The summed E-state index contributed by atoms with van der Waals surface area (Å²) in [6.07, 6.45) is 3.95. The molecule has 0 aromatic heterocycles. The van der Waals surface area contributed by atoms with E-state index in [1.165, 1.54) is 11.1 Å². The van der Waals surface area contributed by atoms with Gasteiger partial charge in [-0.2, -0.15) is 0 Å². The molecule has 1 fully saturated rings. The molecule has 0 radical (unpaired) electrons. The van der Waals surface area contributed by atoms with Crippen LogP contribution in [0, 0.1) is 0 Å². The molecular formula is C13H12O3. The van der Waals surface area contributed by atoms with Crippen molar-refractivity contribution in [2.75, 3.05) is 13.2 Å². The number of benzene rings is 1. The molecule has 2 atom stereocenters. The Bertz CT molecular complexity index is 462. The predicted molar refractivity (Wildman–Crippen MR) is 56.8 cm³/mol. The summed E-state index contributed by atoms with van der Waals surface area (Å²) in [5, 5.41) is 0. The SMILES string of the molecule is C1=CC2(C3OCCO3)OC1c1ccccc12. The third-order valence-corrected chi connectivity index (χ3v) is 3.50. The smallest absolute Gasteiger partial charge is 0.194 e. The summed E-state index contributed by atoms with van der Waals surface area (Å²) in [6, 6.07) is 8.29. The number of hydrogen-bond donors (Lipinski definition) is 0. The van der Waals surface area contributed by atoms with Crippen molar-refractivity contribution in [1.82, 2.24) is 0 Å². The van der Waals surface area contributed by atoms with Crippen LogP contribution >= 0.6 is 0 Å². The van der Waals surface area contributed by atoms with E-state index in [2.05, 4.69) is 24.3 Å². The normalized spacial score (nSPS) is 35.9. The highest BCUT2D eigenvalue weighted by Crippen LogP contribution is 2.53. The van der Waals surface area contributed by atoms with Crippen molar-refractivity contribution < 1.29 is 14.2 Å². The summed E-state index contributed by atoms with van der Waals surface area (Å²) in [5.41, 5.74) is 1.93. The van der Waals surface area contributed by atoms with Gasteiger partial charge in [0.15, 0.2) is 11.9 Å². The maximum Gasteiger partial charge on any atom is 0.194 e. The van der Waals surface area contributed by atoms with E-state index in [0.29, 0.717) is 13.2 Å². The first-order valence-corrected chi connectivity index (χ1v) is 5.60. The van der Waals surface area contributed by atoms with Gasteiger partial charge in [0.2, 0.25) is 0 Å². The fourth-order valence-corrected chi connectivity index (χ4v) is 2.81. The molecule has 0 spiro atoms. The van der Waals surface area contributed by atoms with Gasteiger partial charge in [-0.3, -0.25) is 0 Å². The molecule has 0 N–H and O–H groups in total. The molecule has 3 aliphatic heterocycles. The number of rotatable bonds is 1. The molecule has 0 amide bonds. The van der Waals surface area contributed by atoms with Crippen LogP contribution in [-0.2, 0) is 19.8 Å². The average Bonchev–Trinajstić information content (AvgIpc) is 3.05. The second kappa shape index (κ2) is 2.94. The summed E-state index contributed by atoms with van der Waals surface area (Å²) in [6.45, 7) is 1.30. The summed E-state index contributed by atoms with van der Waals surface area (Å²) in [4.78, 5) is 0. The molecule has 3 aliphatic rings. The minimum atomic E-state index is -0.502. The highest BCUT2D eigenvalue weighted by atomic mass is 16.7. The summed E-state index contributed by atoms with van der Waals surface area (Å²) in [7, 11) is 0. The zero-order valence-electron chi connectivity index (χ0n) is 8.76. The van der Waals surface area contributed by atoms with Crippen LogP contribution in [0.3, 0.4) is 0 Å². The van der Waals surface area contributed by atoms with Crippen LogP contribution in [0.25, 0.3) is 0 Å². The van der Waals surface area contributed by atoms with E-state index in [0.717, 1.165) is 0 Å². The molecule has 3 heterocycles. The minimum Gasteiger partial charge on any atom is -0.349 e. The molecule has 0 aliphatic carbocycles. The van der Waals surface area contributed by atoms with Crippen molar-refractivity contribution in [2.24, 2.45) is 0 Å². The van der Waals surface area contributed by atoms with Gasteiger partial charge in [0.25, 0.3) is 0 Å². The Kier molecular flexibility index (Phi) is 1.64. The van der Waals surface area contributed by atoms with Crippen LogP contribution in [0.4, 0.5) is 0 Å². The Hall–Kier alpha value is -1.16. The number of hydrogen-bond acceptors (Lipinski definition) is 3. The molecule has 2 unspecified atom stereocenters. The van der Waals surface area contributed by atoms with Crippen LogP contribution in [0.1, 0.15) is 17.2 Å². The van der Waals surface area contributed by atoms with Crippen molar-refractivity contribution in [1.29, 1.82) is 0 Å². The van der Waals surface area contributed by atoms with Crippen LogP contribution in [0.2, 0.25) is 0 Å². The molecule has 1 saturated heterocycles. The van der Waals surface area contributed by atoms with Crippen LogP contribution in [0.15, 0.2) is 36.4 Å². The van der Waals surface area contributed by atoms with E-state index < -0.39 is 5.60 Å². The lowest BCUT2D eigenvalue weighted by Crippen LogP contribution is -2.37. The van der Waals surface area contributed by atoms with Crippen LogP contribution < -0.4 is 0 Å². The Balaban J connectivity index is 1.87. The fourth-order valence-electron chi connectivity index (χ4n) is 2.81. The molecular weight excluding hydrogens is 204 g/mol. The zero-order chi connectivity index (χ0) is 10.6. The van der Waals surface area contributed by atoms with E-state index in [1.54, 1.807) is 0 Å². The van der Waals surface area contributed by atoms with Gasteiger partial charge in [-0.1, -0.05) is 30.3 Å². The minimum absolute atomic E-state index is 0.0731. The zero-order valence-corrected chi connectivity index (χ0v) is 8.76. The molecule has 3 nitrogen and oxygen atoms in total. The van der Waals surface area contributed by atoms with E-state index in [-0.39, 0.29) is 12.4 Å². The second-order valence-electron chi connectivity index (χ2n) is 4.35. The summed E-state index contributed by atoms with van der Waals surface area (Å²) >= 11 is 0. The first-order valence-electron chi connectivity index (χ1n) is 5.60. The standard InChI is InChI=1S/C13H12O3/c1-2-4-10-9(3-1)11-5-6-13(10,16-11)12-14-7-8-15-12/h1-6,11-12H,7-8H2. The highest BCUT2D eigenvalue weighted by Gasteiger charge is 2.54. The van der Waals surface area contributed by atoms with Crippen LogP contribution in [0.5, 0.6) is 0 Å². The van der Waals surface area contributed by atoms with Gasteiger partial charge in [0, 0.05) is 0 Å². The lowest BCUT2D eigenvalue weighted by Gasteiger charge is -2.29. The maximum atomic E-state index is 6.05. The van der Waals surface area contributed by atoms with E-state index in [4.69, 9.17) is 14.2 Å². The molecule has 4 rings (SSSR count). The number of ether oxygens (including phenoxy) is 3. The predicted octanol–water partition coefficient (Wildman–Crippen LogP) is 1.90. The molecule has 1 aromatic rings. The summed E-state index contributed by atoms with van der Waals surface area (Å²) in [5.74, 6) is 0. The van der Waals surface area contributed by atoms with E-state index >= 15 is 0 Å². The van der Waals surface area contributed by atoms with Gasteiger partial charge >= 0.3 is 0 Å². The van der Waals surface area contributed by atoms with Crippen molar-refractivity contribution in [3.8, 4) is 0 Å². The highest BCUT2D eigenvalue weighted by molar-refractivity contribution is 5.47. The van der Waals surface area contributed by atoms with E-state index in [9.17, 15) is 0 Å². The van der Waals surface area contributed by atoms with Gasteiger partial charge in [0.05, 0.1) is 13.2 Å². The third-order valence-electron chi connectivity index (χ3n) is 3.50. The van der Waals surface area contributed by atoms with Crippen LogP contribution in [-0.4, -0.2) is 19.5 Å². The fraction of sp³-hybridized carbons (Fsp3) is 0.385. The largest absolute Gasteiger partial charge is 0.349 e. The first kappa shape index (κ1) is 8.93.